The molecule has 25 heavy (non-hydrogen) atoms. The quantitative estimate of drug-likeness (QED) is 0.685. The van der Waals surface area contributed by atoms with Gasteiger partial charge in [0.2, 0.25) is 5.91 Å². The van der Waals surface area contributed by atoms with E-state index in [0.29, 0.717) is 24.5 Å². The van der Waals surface area contributed by atoms with Crippen LogP contribution in [0.3, 0.4) is 0 Å². The SMILES string of the molecule is COc1ccccc1CC(=O)NCCc1nc(-c2cccnc2)n[nH]1. The van der Waals surface area contributed by atoms with Crippen molar-refractivity contribution in [2.24, 2.45) is 0 Å². The van der Waals surface area contributed by atoms with Crippen molar-refractivity contribution < 1.29 is 9.53 Å². The van der Waals surface area contributed by atoms with Gasteiger partial charge in [-0.15, -0.1) is 0 Å². The first-order valence-corrected chi connectivity index (χ1v) is 7.96. The van der Waals surface area contributed by atoms with Gasteiger partial charge in [0.1, 0.15) is 11.6 Å². The van der Waals surface area contributed by atoms with Crippen molar-refractivity contribution in [1.29, 1.82) is 0 Å². The first-order chi connectivity index (χ1) is 12.3. The van der Waals surface area contributed by atoms with Gasteiger partial charge in [-0.05, 0) is 18.2 Å². The number of rotatable bonds is 7. The standard InChI is InChI=1S/C18H19N5O2/c1-25-15-7-3-2-5-13(15)11-17(24)20-10-8-16-21-18(23-22-16)14-6-4-9-19-12-14/h2-7,9,12H,8,10-11H2,1H3,(H,20,24)(H,21,22,23). The average Bonchev–Trinajstić information content (AvgIpc) is 3.12. The van der Waals surface area contributed by atoms with Gasteiger partial charge in [-0.2, -0.15) is 5.10 Å². The lowest BCUT2D eigenvalue weighted by Crippen LogP contribution is -2.27. The van der Waals surface area contributed by atoms with Crippen LogP contribution >= 0.6 is 0 Å². The molecule has 0 aliphatic rings. The number of carbonyl (C=O) groups is 1. The smallest absolute Gasteiger partial charge is 0.224 e. The van der Waals surface area contributed by atoms with Gasteiger partial charge in [0.05, 0.1) is 13.5 Å². The van der Waals surface area contributed by atoms with E-state index in [1.807, 2.05) is 36.4 Å². The van der Waals surface area contributed by atoms with Crippen molar-refractivity contribution in [1.82, 2.24) is 25.5 Å². The van der Waals surface area contributed by atoms with E-state index in [-0.39, 0.29) is 12.3 Å². The summed E-state index contributed by atoms with van der Waals surface area (Å²) >= 11 is 0. The zero-order chi connectivity index (χ0) is 17.5. The number of amides is 1. The monoisotopic (exact) mass is 337 g/mol. The van der Waals surface area contributed by atoms with Crippen LogP contribution in [0.2, 0.25) is 0 Å². The summed E-state index contributed by atoms with van der Waals surface area (Å²) in [6.45, 7) is 0.482. The number of carbonyl (C=O) groups excluding carboxylic acids is 1. The molecular formula is C18H19N5O2. The maximum Gasteiger partial charge on any atom is 0.224 e. The number of aromatic amines is 1. The maximum atomic E-state index is 12.1. The number of H-pyrrole nitrogens is 1. The topological polar surface area (TPSA) is 92.8 Å². The number of hydrogen-bond donors (Lipinski definition) is 2. The molecule has 7 heteroatoms. The molecule has 2 aromatic heterocycles. The Bertz CT molecular complexity index is 832. The van der Waals surface area contributed by atoms with Crippen molar-refractivity contribution in [3.05, 3.63) is 60.2 Å². The Hall–Kier alpha value is -3.22. The molecule has 0 saturated heterocycles. The van der Waals surface area contributed by atoms with E-state index in [1.54, 1.807) is 19.5 Å². The Labute approximate surface area is 145 Å². The van der Waals surface area contributed by atoms with Gasteiger partial charge in [0.25, 0.3) is 0 Å². The number of methoxy groups -OCH3 is 1. The fourth-order valence-electron chi connectivity index (χ4n) is 2.44. The summed E-state index contributed by atoms with van der Waals surface area (Å²) in [7, 11) is 1.60. The summed E-state index contributed by atoms with van der Waals surface area (Å²) in [4.78, 5) is 20.5. The van der Waals surface area contributed by atoms with Crippen LogP contribution < -0.4 is 10.1 Å². The molecule has 0 bridgehead atoms. The van der Waals surface area contributed by atoms with Crippen molar-refractivity contribution in [2.75, 3.05) is 13.7 Å². The lowest BCUT2D eigenvalue weighted by molar-refractivity contribution is -0.120. The first kappa shape index (κ1) is 16.6. The Kier molecular flexibility index (Phi) is 5.36. The molecule has 0 atom stereocenters. The normalized spacial score (nSPS) is 10.4. The van der Waals surface area contributed by atoms with Gasteiger partial charge in [0.15, 0.2) is 5.82 Å². The van der Waals surface area contributed by atoms with E-state index < -0.39 is 0 Å². The third-order valence-corrected chi connectivity index (χ3v) is 3.68. The summed E-state index contributed by atoms with van der Waals surface area (Å²) in [5.41, 5.74) is 1.71. The molecule has 2 heterocycles. The molecule has 7 nitrogen and oxygen atoms in total. The number of nitrogens with one attached hydrogen (secondary N) is 2. The van der Waals surface area contributed by atoms with Crippen molar-refractivity contribution in [2.45, 2.75) is 12.8 Å². The largest absolute Gasteiger partial charge is 0.496 e. The summed E-state index contributed by atoms with van der Waals surface area (Å²) in [5.74, 6) is 1.98. The Morgan fingerprint density at radius 3 is 2.92 bits per heavy atom. The van der Waals surface area contributed by atoms with E-state index in [1.165, 1.54) is 0 Å². The highest BCUT2D eigenvalue weighted by Gasteiger charge is 2.09. The first-order valence-electron chi connectivity index (χ1n) is 7.96. The predicted molar refractivity (Wildman–Crippen MR) is 93.0 cm³/mol. The molecule has 3 aromatic rings. The predicted octanol–water partition coefficient (Wildman–Crippen LogP) is 1.78. The van der Waals surface area contributed by atoms with Crippen LogP contribution in [-0.4, -0.2) is 39.7 Å². The molecule has 0 unspecified atom stereocenters. The molecule has 0 fully saturated rings. The van der Waals surface area contributed by atoms with Crippen molar-refractivity contribution in [3.8, 4) is 17.1 Å². The highest BCUT2D eigenvalue weighted by Crippen LogP contribution is 2.17. The van der Waals surface area contributed by atoms with Gasteiger partial charge < -0.3 is 10.1 Å². The van der Waals surface area contributed by atoms with Crippen LogP contribution in [-0.2, 0) is 17.6 Å². The van der Waals surface area contributed by atoms with E-state index in [2.05, 4.69) is 25.5 Å². The van der Waals surface area contributed by atoms with Crippen LogP contribution in [0, 0.1) is 0 Å². The van der Waals surface area contributed by atoms with Gasteiger partial charge >= 0.3 is 0 Å². The second-order valence-electron chi connectivity index (χ2n) is 5.44. The molecule has 3 rings (SSSR count). The van der Waals surface area contributed by atoms with Gasteiger partial charge in [0, 0.05) is 36.5 Å². The highest BCUT2D eigenvalue weighted by atomic mass is 16.5. The lowest BCUT2D eigenvalue weighted by Gasteiger charge is -2.08. The van der Waals surface area contributed by atoms with Crippen LogP contribution in [0.5, 0.6) is 5.75 Å². The number of aromatic nitrogens is 4. The summed E-state index contributed by atoms with van der Waals surface area (Å²) in [5, 5.41) is 9.94. The maximum absolute atomic E-state index is 12.1. The molecule has 0 spiro atoms. The minimum Gasteiger partial charge on any atom is -0.496 e. The minimum absolute atomic E-state index is 0.0588. The van der Waals surface area contributed by atoms with Crippen LogP contribution in [0.1, 0.15) is 11.4 Å². The van der Waals surface area contributed by atoms with Crippen molar-refractivity contribution in [3.63, 3.8) is 0 Å². The number of nitrogens with zero attached hydrogens (tertiary/aromatic N) is 3. The Morgan fingerprint density at radius 1 is 1.24 bits per heavy atom. The second-order valence-corrected chi connectivity index (χ2v) is 5.44. The average molecular weight is 337 g/mol. The highest BCUT2D eigenvalue weighted by molar-refractivity contribution is 5.79. The summed E-state index contributed by atoms with van der Waals surface area (Å²) < 4.78 is 5.26. The third kappa shape index (κ3) is 4.41. The molecule has 2 N–H and O–H groups in total. The molecule has 0 aliphatic carbocycles. The number of hydrogen-bond acceptors (Lipinski definition) is 5. The molecule has 1 amide bonds. The lowest BCUT2D eigenvalue weighted by atomic mass is 10.1. The number of ether oxygens (including phenoxy) is 1. The molecule has 1 aromatic carbocycles. The van der Waals surface area contributed by atoms with Crippen LogP contribution in [0.25, 0.3) is 11.4 Å². The van der Waals surface area contributed by atoms with Crippen LogP contribution in [0.15, 0.2) is 48.8 Å². The van der Waals surface area contributed by atoms with E-state index in [0.717, 1.165) is 17.0 Å². The Morgan fingerprint density at radius 2 is 2.12 bits per heavy atom. The molecule has 0 radical (unpaired) electrons. The van der Waals surface area contributed by atoms with Gasteiger partial charge in [-0.3, -0.25) is 14.9 Å². The van der Waals surface area contributed by atoms with Gasteiger partial charge in [-0.1, -0.05) is 18.2 Å². The minimum atomic E-state index is -0.0588. The van der Waals surface area contributed by atoms with Crippen LogP contribution in [0.4, 0.5) is 0 Å². The zero-order valence-electron chi connectivity index (χ0n) is 13.9. The molecule has 128 valence electrons. The summed E-state index contributed by atoms with van der Waals surface area (Å²) in [6.07, 6.45) is 4.27. The number of para-hydroxylation sites is 1. The fraction of sp³-hybridized carbons (Fsp3) is 0.222. The van der Waals surface area contributed by atoms with E-state index >= 15 is 0 Å². The molecule has 0 aliphatic heterocycles. The summed E-state index contributed by atoms with van der Waals surface area (Å²) in [6, 6.07) is 11.2. The second kappa shape index (κ2) is 8.05. The fourth-order valence-corrected chi connectivity index (χ4v) is 2.44. The van der Waals surface area contributed by atoms with Crippen molar-refractivity contribution >= 4 is 5.91 Å². The van der Waals surface area contributed by atoms with E-state index in [4.69, 9.17) is 4.74 Å². The van der Waals surface area contributed by atoms with Gasteiger partial charge in [-0.25, -0.2) is 4.98 Å². The number of pyridine rings is 1. The molecule has 0 saturated carbocycles. The van der Waals surface area contributed by atoms with E-state index in [9.17, 15) is 4.79 Å². The number of benzene rings is 1. The molecular weight excluding hydrogens is 318 g/mol. The zero-order valence-corrected chi connectivity index (χ0v) is 13.9. The third-order valence-electron chi connectivity index (χ3n) is 3.68. The Balaban J connectivity index is 1.50.